The fraction of sp³-hybridized carbons (Fsp3) is 0.257. The molecule has 0 saturated heterocycles. The Morgan fingerprint density at radius 1 is 0.851 bits per heavy atom. The molecule has 0 heterocycles. The molecule has 5 rings (SSSR count). The fourth-order valence-corrected chi connectivity index (χ4v) is 7.26. The lowest BCUT2D eigenvalue weighted by Gasteiger charge is -2.34. The number of benzene rings is 4. The summed E-state index contributed by atoms with van der Waals surface area (Å²) >= 11 is 6.14. The molecule has 10 nitrogen and oxygen atoms in total. The quantitative estimate of drug-likeness (QED) is 0.134. The number of nitrogens with zero attached hydrogens (tertiary/aromatic N) is 3. The van der Waals surface area contributed by atoms with Gasteiger partial charge < -0.3 is 10.2 Å². The second-order valence-electron chi connectivity index (χ2n) is 11.4. The lowest BCUT2D eigenvalue weighted by atomic mass is 10.0. The van der Waals surface area contributed by atoms with E-state index in [4.69, 9.17) is 11.6 Å². The van der Waals surface area contributed by atoms with Crippen molar-refractivity contribution in [1.29, 1.82) is 0 Å². The van der Waals surface area contributed by atoms with Crippen LogP contribution in [0.2, 0.25) is 5.02 Å². The highest BCUT2D eigenvalue weighted by Gasteiger charge is 2.35. The summed E-state index contributed by atoms with van der Waals surface area (Å²) < 4.78 is 29.0. The van der Waals surface area contributed by atoms with Crippen molar-refractivity contribution in [2.45, 2.75) is 55.6 Å². The Hall–Kier alpha value is -4.74. The zero-order valence-corrected chi connectivity index (χ0v) is 27.1. The van der Waals surface area contributed by atoms with Gasteiger partial charge in [0, 0.05) is 36.2 Å². The maximum absolute atomic E-state index is 14.5. The minimum Gasteiger partial charge on any atom is -0.352 e. The number of halogens is 1. The molecule has 1 fully saturated rings. The van der Waals surface area contributed by atoms with Crippen molar-refractivity contribution < 1.29 is 22.9 Å². The number of sulfonamides is 1. The standard InChI is InChI=1S/C35H35ClN4O6S/c36-28-17-15-27(16-18-28)24-38(33(23-26-9-3-1-4-10-26)35(42)37-29-11-7-8-12-29)34(41)25-39(30-19-21-31(22-20-30)40(43)44)47(45,46)32-13-5-2-6-14-32/h1-6,9-10,13-22,29,33H,7-8,11-12,23-25H2,(H,37,42)/t33-/m1/s1. The van der Waals surface area contributed by atoms with Gasteiger partial charge in [-0.1, -0.05) is 85.1 Å². The highest BCUT2D eigenvalue weighted by molar-refractivity contribution is 7.92. The first kappa shape index (κ1) is 33.6. The van der Waals surface area contributed by atoms with Crippen LogP contribution in [0.5, 0.6) is 0 Å². The second kappa shape index (κ2) is 15.2. The summed E-state index contributed by atoms with van der Waals surface area (Å²) in [7, 11) is -4.32. The molecule has 0 aromatic heterocycles. The molecule has 12 heteroatoms. The largest absolute Gasteiger partial charge is 0.352 e. The predicted octanol–water partition coefficient (Wildman–Crippen LogP) is 6.14. The fourth-order valence-electron chi connectivity index (χ4n) is 5.70. The number of rotatable bonds is 13. The van der Waals surface area contributed by atoms with Crippen molar-refractivity contribution in [2.24, 2.45) is 0 Å². The van der Waals surface area contributed by atoms with Gasteiger partial charge in [0.1, 0.15) is 12.6 Å². The van der Waals surface area contributed by atoms with E-state index in [-0.39, 0.29) is 41.2 Å². The van der Waals surface area contributed by atoms with Crippen molar-refractivity contribution in [1.82, 2.24) is 10.2 Å². The van der Waals surface area contributed by atoms with Crippen molar-refractivity contribution in [2.75, 3.05) is 10.8 Å². The summed E-state index contributed by atoms with van der Waals surface area (Å²) in [4.78, 5) is 40.7. The lowest BCUT2D eigenvalue weighted by Crippen LogP contribution is -2.54. The Labute approximate surface area is 279 Å². The Morgan fingerprint density at radius 3 is 2.04 bits per heavy atom. The molecule has 2 amide bonds. The van der Waals surface area contributed by atoms with E-state index in [0.29, 0.717) is 10.6 Å². The van der Waals surface area contributed by atoms with Crippen molar-refractivity contribution in [3.63, 3.8) is 0 Å². The molecule has 47 heavy (non-hydrogen) atoms. The van der Waals surface area contributed by atoms with Crippen LogP contribution in [0.3, 0.4) is 0 Å². The van der Waals surface area contributed by atoms with E-state index in [2.05, 4.69) is 5.32 Å². The molecule has 0 radical (unpaired) electrons. The summed E-state index contributed by atoms with van der Waals surface area (Å²) in [6.07, 6.45) is 3.89. The predicted molar refractivity (Wildman–Crippen MR) is 180 cm³/mol. The molecular formula is C35H35ClN4O6S. The van der Waals surface area contributed by atoms with Gasteiger partial charge in [0.15, 0.2) is 0 Å². The van der Waals surface area contributed by atoms with Crippen LogP contribution >= 0.6 is 11.6 Å². The van der Waals surface area contributed by atoms with Gasteiger partial charge in [-0.15, -0.1) is 0 Å². The third-order valence-electron chi connectivity index (χ3n) is 8.20. The number of nitrogens with one attached hydrogen (secondary N) is 1. The number of nitro benzene ring substituents is 1. The molecule has 1 saturated carbocycles. The normalized spacial score (nSPS) is 13.9. The van der Waals surface area contributed by atoms with Gasteiger partial charge in [-0.2, -0.15) is 0 Å². The van der Waals surface area contributed by atoms with Gasteiger partial charge in [-0.05, 0) is 60.4 Å². The number of carbonyl (C=O) groups excluding carboxylic acids is 2. The zero-order chi connectivity index (χ0) is 33.4. The number of hydrogen-bond donors (Lipinski definition) is 1. The number of carbonyl (C=O) groups is 2. The first-order chi connectivity index (χ1) is 22.6. The lowest BCUT2D eigenvalue weighted by molar-refractivity contribution is -0.384. The Kier molecular flexibility index (Phi) is 10.9. The summed E-state index contributed by atoms with van der Waals surface area (Å²) in [5, 5.41) is 15.0. The summed E-state index contributed by atoms with van der Waals surface area (Å²) in [6, 6.07) is 27.8. The van der Waals surface area contributed by atoms with Gasteiger partial charge in [-0.25, -0.2) is 8.42 Å². The molecule has 4 aromatic carbocycles. The average molecular weight is 675 g/mol. The summed E-state index contributed by atoms with van der Waals surface area (Å²) in [6.45, 7) is -0.657. The molecule has 4 aromatic rings. The maximum atomic E-state index is 14.5. The molecule has 0 unspecified atom stereocenters. The first-order valence-corrected chi connectivity index (χ1v) is 17.1. The van der Waals surface area contributed by atoms with E-state index in [1.54, 1.807) is 42.5 Å². The molecule has 0 bridgehead atoms. The van der Waals surface area contributed by atoms with E-state index in [0.717, 1.165) is 35.6 Å². The number of non-ortho nitro benzene ring substituents is 1. The minimum absolute atomic E-state index is 0.00503. The molecule has 0 spiro atoms. The van der Waals surface area contributed by atoms with E-state index >= 15 is 0 Å². The highest BCUT2D eigenvalue weighted by Crippen LogP contribution is 2.27. The molecule has 1 aliphatic carbocycles. The number of anilines is 1. The number of amides is 2. The van der Waals surface area contributed by atoms with Gasteiger partial charge >= 0.3 is 0 Å². The highest BCUT2D eigenvalue weighted by atomic mass is 35.5. The van der Waals surface area contributed by atoms with Gasteiger partial charge in [0.2, 0.25) is 11.8 Å². The molecular weight excluding hydrogens is 640 g/mol. The van der Waals surface area contributed by atoms with E-state index in [9.17, 15) is 28.1 Å². The van der Waals surface area contributed by atoms with Crippen LogP contribution in [0, 0.1) is 10.1 Å². The average Bonchev–Trinajstić information content (AvgIpc) is 3.60. The molecule has 1 atom stereocenters. The van der Waals surface area contributed by atoms with Gasteiger partial charge in [0.05, 0.1) is 15.5 Å². The second-order valence-corrected chi connectivity index (χ2v) is 13.7. The van der Waals surface area contributed by atoms with E-state index in [1.165, 1.54) is 41.3 Å². The third kappa shape index (κ3) is 8.55. The smallest absolute Gasteiger partial charge is 0.269 e. The van der Waals surface area contributed by atoms with E-state index < -0.39 is 33.4 Å². The number of nitro groups is 1. The van der Waals surface area contributed by atoms with Crippen molar-refractivity contribution in [3.8, 4) is 0 Å². The maximum Gasteiger partial charge on any atom is 0.269 e. The monoisotopic (exact) mass is 674 g/mol. The Balaban J connectivity index is 1.56. The molecule has 244 valence electrons. The molecule has 1 N–H and O–H groups in total. The van der Waals surface area contributed by atoms with E-state index in [1.807, 2.05) is 30.3 Å². The van der Waals surface area contributed by atoms with Crippen LogP contribution in [0.15, 0.2) is 114 Å². The van der Waals surface area contributed by atoms with Gasteiger partial charge in [-0.3, -0.25) is 24.0 Å². The van der Waals surface area contributed by atoms with Crippen LogP contribution in [-0.4, -0.2) is 48.7 Å². The minimum atomic E-state index is -4.32. The van der Waals surface area contributed by atoms with Crippen molar-refractivity contribution >= 4 is 44.8 Å². The SMILES string of the molecule is O=C(NC1CCCC1)[C@@H](Cc1ccccc1)N(Cc1ccc(Cl)cc1)C(=O)CN(c1ccc([N+](=O)[O-])cc1)S(=O)(=O)c1ccccc1. The number of hydrogen-bond acceptors (Lipinski definition) is 6. The summed E-state index contributed by atoms with van der Waals surface area (Å²) in [5.41, 5.74) is 1.36. The molecule has 1 aliphatic rings. The third-order valence-corrected chi connectivity index (χ3v) is 10.2. The topological polar surface area (TPSA) is 130 Å². The van der Waals surface area contributed by atoms with Crippen LogP contribution in [0.4, 0.5) is 11.4 Å². The van der Waals surface area contributed by atoms with Crippen LogP contribution in [0.25, 0.3) is 0 Å². The Bertz CT molecular complexity index is 1780. The summed E-state index contributed by atoms with van der Waals surface area (Å²) in [5.74, 6) is -0.948. The van der Waals surface area contributed by atoms with Gasteiger partial charge in [0.25, 0.3) is 15.7 Å². The zero-order valence-electron chi connectivity index (χ0n) is 25.6. The molecule has 0 aliphatic heterocycles. The van der Waals surface area contributed by atoms with Crippen LogP contribution in [0.1, 0.15) is 36.8 Å². The Morgan fingerprint density at radius 2 is 1.45 bits per heavy atom. The van der Waals surface area contributed by atoms with Crippen molar-refractivity contribution in [3.05, 3.63) is 135 Å². The van der Waals surface area contributed by atoms with Crippen LogP contribution < -0.4 is 9.62 Å². The van der Waals surface area contributed by atoms with Crippen LogP contribution in [-0.2, 0) is 32.6 Å². The first-order valence-electron chi connectivity index (χ1n) is 15.3.